The minimum absolute atomic E-state index is 0. The van der Waals surface area contributed by atoms with Crippen LogP contribution in [0.1, 0.15) is 126 Å². The van der Waals surface area contributed by atoms with Crippen molar-refractivity contribution in [3.63, 3.8) is 0 Å². The summed E-state index contributed by atoms with van der Waals surface area (Å²) in [6, 6.07) is 85.8. The van der Waals surface area contributed by atoms with Crippen molar-refractivity contribution in [2.75, 3.05) is 0 Å². The van der Waals surface area contributed by atoms with Crippen molar-refractivity contribution in [2.24, 2.45) is 0 Å². The van der Waals surface area contributed by atoms with E-state index in [0.717, 1.165) is 55.8 Å². The van der Waals surface area contributed by atoms with Crippen LogP contribution in [-0.2, 0) is 37.3 Å². The predicted octanol–water partition coefficient (Wildman–Crippen LogP) is 19.0. The quantitative estimate of drug-likeness (QED) is 0.0757. The molecule has 3 heterocycles. The summed E-state index contributed by atoms with van der Waals surface area (Å²) in [4.78, 5) is 5.02. The SMILES string of the molecule is CC(C)c1cccc(C(C)C)c1-c1cn(-c2[c-]c(Oc3[c-]c4c(cc3)c3ccccc3n4-c3cc(C(C)(C)c4ccccc4)ccn3)cc(-c3ccccc3)c2)[c-][n+]1-c1cc(C(C)(C)c2ccccc2)cc(C(C)(C)c2ccccc2)c1.[Pt]. The molecule has 0 bridgehead atoms. The second-order valence-corrected chi connectivity index (χ2v) is 24.1. The molecule has 0 aliphatic rings. The second kappa shape index (κ2) is 22.8. The molecular formula is C77H70N4OPt-2. The maximum absolute atomic E-state index is 7.05. The predicted molar refractivity (Wildman–Crippen MR) is 337 cm³/mol. The Morgan fingerprint density at radius 2 is 1.01 bits per heavy atom. The molecule has 0 saturated heterocycles. The third-order valence-electron chi connectivity index (χ3n) is 17.1. The van der Waals surface area contributed by atoms with Crippen molar-refractivity contribution in [3.8, 4) is 51.1 Å². The van der Waals surface area contributed by atoms with Gasteiger partial charge in [-0.1, -0.05) is 239 Å². The fraction of sp³-hybridized carbons (Fsp3) is 0.195. The molecular weight excluding hydrogens is 1190 g/mol. The molecule has 0 saturated carbocycles. The molecule has 12 rings (SSSR count). The van der Waals surface area contributed by atoms with E-state index >= 15 is 0 Å². The third kappa shape index (κ3) is 10.7. The molecule has 12 aromatic rings. The van der Waals surface area contributed by atoms with Gasteiger partial charge in [-0.05, 0) is 109 Å². The van der Waals surface area contributed by atoms with Crippen LogP contribution in [0.4, 0.5) is 0 Å². The van der Waals surface area contributed by atoms with Crippen molar-refractivity contribution in [1.29, 1.82) is 0 Å². The number of imidazole rings is 1. The molecule has 0 radical (unpaired) electrons. The van der Waals surface area contributed by atoms with E-state index < -0.39 is 0 Å². The van der Waals surface area contributed by atoms with Gasteiger partial charge in [0.05, 0.1) is 11.4 Å². The van der Waals surface area contributed by atoms with Crippen LogP contribution in [0.3, 0.4) is 0 Å². The van der Waals surface area contributed by atoms with Gasteiger partial charge >= 0.3 is 0 Å². The van der Waals surface area contributed by atoms with Gasteiger partial charge in [-0.25, -0.2) is 4.98 Å². The summed E-state index contributed by atoms with van der Waals surface area (Å²) in [6.07, 6.45) is 8.15. The molecule has 9 aromatic carbocycles. The molecule has 0 unspecified atom stereocenters. The number of hydrogen-bond acceptors (Lipinski definition) is 2. The molecule has 5 nitrogen and oxygen atoms in total. The van der Waals surface area contributed by atoms with E-state index in [4.69, 9.17) is 9.72 Å². The Morgan fingerprint density at radius 3 is 1.59 bits per heavy atom. The van der Waals surface area contributed by atoms with Gasteiger partial charge in [0.25, 0.3) is 6.33 Å². The minimum atomic E-state index is -0.334. The number of pyridine rings is 1. The van der Waals surface area contributed by atoms with E-state index in [9.17, 15) is 0 Å². The normalized spacial score (nSPS) is 12.1. The molecule has 0 fully saturated rings. The Labute approximate surface area is 505 Å². The van der Waals surface area contributed by atoms with Gasteiger partial charge in [-0.15, -0.1) is 35.2 Å². The number of benzene rings is 9. The summed E-state index contributed by atoms with van der Waals surface area (Å²) in [7, 11) is 0. The molecule has 0 aliphatic carbocycles. The van der Waals surface area contributed by atoms with Crippen LogP contribution >= 0.6 is 0 Å². The van der Waals surface area contributed by atoms with E-state index in [1.165, 1.54) is 50.1 Å². The summed E-state index contributed by atoms with van der Waals surface area (Å²) >= 11 is 0. The molecule has 0 amide bonds. The van der Waals surface area contributed by atoms with Crippen LogP contribution < -0.4 is 9.30 Å². The third-order valence-corrected chi connectivity index (χ3v) is 17.1. The van der Waals surface area contributed by atoms with Gasteiger partial charge in [0.2, 0.25) is 0 Å². The summed E-state index contributed by atoms with van der Waals surface area (Å²) in [5, 5.41) is 2.18. The topological polar surface area (TPSA) is 35.9 Å². The Bertz CT molecular complexity index is 4170. The number of ether oxygens (including phenoxy) is 1. The number of fused-ring (bicyclic) bond motifs is 3. The molecule has 3 aromatic heterocycles. The molecule has 0 aliphatic heterocycles. The van der Waals surface area contributed by atoms with Crippen LogP contribution in [0.15, 0.2) is 231 Å². The zero-order valence-corrected chi connectivity index (χ0v) is 51.4. The Morgan fingerprint density at radius 1 is 0.470 bits per heavy atom. The summed E-state index contributed by atoms with van der Waals surface area (Å²) in [5.74, 6) is 2.44. The average molecular weight is 1260 g/mol. The van der Waals surface area contributed by atoms with E-state index in [1.54, 1.807) is 0 Å². The van der Waals surface area contributed by atoms with Crippen molar-refractivity contribution >= 4 is 21.8 Å². The number of nitrogens with zero attached hydrogens (tertiary/aromatic N) is 4. The van der Waals surface area contributed by atoms with E-state index in [0.29, 0.717) is 11.5 Å². The fourth-order valence-corrected chi connectivity index (χ4v) is 12.0. The smallest absolute Gasteiger partial charge is 0.267 e. The molecule has 83 heavy (non-hydrogen) atoms. The van der Waals surface area contributed by atoms with Gasteiger partial charge in [-0.3, -0.25) is 4.57 Å². The van der Waals surface area contributed by atoms with Gasteiger partial charge in [0.15, 0.2) is 0 Å². The Hall–Kier alpha value is -8.37. The van der Waals surface area contributed by atoms with Crippen LogP contribution in [0.2, 0.25) is 0 Å². The first-order valence-corrected chi connectivity index (χ1v) is 28.8. The van der Waals surface area contributed by atoms with Crippen molar-refractivity contribution in [3.05, 3.63) is 294 Å². The van der Waals surface area contributed by atoms with Crippen LogP contribution in [0, 0.1) is 18.5 Å². The first-order chi connectivity index (χ1) is 39.6. The Kier molecular flexibility index (Phi) is 15.5. The van der Waals surface area contributed by atoms with E-state index in [-0.39, 0.29) is 49.1 Å². The maximum Gasteiger partial charge on any atom is 0.267 e. The first-order valence-electron chi connectivity index (χ1n) is 28.8. The van der Waals surface area contributed by atoms with Gasteiger partial charge < -0.3 is 13.9 Å². The average Bonchev–Trinajstić information content (AvgIpc) is 3.33. The summed E-state index contributed by atoms with van der Waals surface area (Å²) in [6.45, 7) is 23.1. The van der Waals surface area contributed by atoms with Crippen molar-refractivity contribution < 1.29 is 30.4 Å². The maximum atomic E-state index is 7.05. The molecule has 416 valence electrons. The van der Waals surface area contributed by atoms with Gasteiger partial charge in [-0.2, -0.15) is 12.1 Å². The van der Waals surface area contributed by atoms with Crippen LogP contribution in [0.5, 0.6) is 11.5 Å². The van der Waals surface area contributed by atoms with Crippen LogP contribution in [-0.4, -0.2) is 14.1 Å². The summed E-state index contributed by atoms with van der Waals surface area (Å²) < 4.78 is 13.7. The Balaban J connectivity index is 0.00000721. The molecule has 0 N–H and O–H groups in total. The minimum Gasteiger partial charge on any atom is -0.510 e. The fourth-order valence-electron chi connectivity index (χ4n) is 12.0. The molecule has 0 spiro atoms. The standard InChI is InChI=1S/C77H70N4O.Pt/c1-52(2)66-35-25-36-67(53(3)4)74(66)72-50-79(51-80(72)63-45-60(76(7,8)57-30-19-13-20-31-57)44-61(46-63)77(9,10)58-32-21-14-22-33-58)62-42-55(54-26-15-11-16-27-54)43-65(48-62)82-64-38-39-69-68-34-23-24-37-70(68)81(71(69)49-64)73-47-59(40-41-78-73)75(5,6)56-28-17-12-18-29-56;/h11-47,50,52-53H,1-10H3;/q-2;. The first kappa shape index (κ1) is 56.5. The number of aromatic nitrogens is 4. The number of para-hydroxylation sites is 1. The van der Waals surface area contributed by atoms with Gasteiger partial charge in [0, 0.05) is 66.7 Å². The molecule has 0 atom stereocenters. The zero-order valence-electron chi connectivity index (χ0n) is 49.1. The van der Waals surface area contributed by atoms with Gasteiger partial charge in [0.1, 0.15) is 5.82 Å². The van der Waals surface area contributed by atoms with E-state index in [1.807, 2.05) is 12.3 Å². The molecule has 6 heteroatoms. The zero-order chi connectivity index (χ0) is 56.9. The second-order valence-electron chi connectivity index (χ2n) is 24.1. The largest absolute Gasteiger partial charge is 0.510 e. The van der Waals surface area contributed by atoms with Crippen LogP contribution in [0.25, 0.3) is 61.4 Å². The van der Waals surface area contributed by atoms with Crippen molar-refractivity contribution in [1.82, 2.24) is 14.1 Å². The summed E-state index contributed by atoms with van der Waals surface area (Å²) in [5.41, 5.74) is 17.0. The monoisotopic (exact) mass is 1260 g/mol. The number of rotatable bonds is 15. The number of hydrogen-bond donors (Lipinski definition) is 0. The van der Waals surface area contributed by atoms with Crippen molar-refractivity contribution in [2.45, 2.75) is 97.3 Å². The van der Waals surface area contributed by atoms with E-state index in [2.05, 4.69) is 320 Å².